The van der Waals surface area contributed by atoms with E-state index < -0.39 is 15.3 Å². The number of nitrogens with two attached hydrogens (primary N) is 1. The van der Waals surface area contributed by atoms with Crippen LogP contribution in [0.1, 0.15) is 46.0 Å². The first-order valence-corrected chi connectivity index (χ1v) is 8.19. The van der Waals surface area contributed by atoms with Crippen LogP contribution in [0.4, 0.5) is 0 Å². The van der Waals surface area contributed by atoms with Gasteiger partial charge in [-0.25, -0.2) is 13.1 Å². The van der Waals surface area contributed by atoms with Crippen molar-refractivity contribution in [1.82, 2.24) is 4.72 Å². The van der Waals surface area contributed by atoms with Gasteiger partial charge in [0.05, 0.1) is 5.25 Å². The number of rotatable bonds is 6. The molecule has 1 fully saturated rings. The van der Waals surface area contributed by atoms with E-state index in [1.165, 1.54) is 25.7 Å². The fourth-order valence-electron chi connectivity index (χ4n) is 2.29. The Morgan fingerprint density at radius 2 is 1.88 bits per heavy atom. The highest BCUT2D eigenvalue weighted by atomic mass is 32.2. The molecule has 0 aromatic rings. The van der Waals surface area contributed by atoms with Gasteiger partial charge in [0, 0.05) is 13.1 Å². The second kappa shape index (κ2) is 6.71. The quantitative estimate of drug-likeness (QED) is 0.761. The largest absolute Gasteiger partial charge is 0.329 e. The summed E-state index contributed by atoms with van der Waals surface area (Å²) >= 11 is 0. The molecule has 0 amide bonds. The molecule has 4 nitrogen and oxygen atoms in total. The van der Waals surface area contributed by atoms with E-state index in [1.54, 1.807) is 6.92 Å². The topological polar surface area (TPSA) is 72.2 Å². The molecule has 5 heteroatoms. The maximum absolute atomic E-state index is 11.7. The molecule has 0 heterocycles. The van der Waals surface area contributed by atoms with E-state index in [2.05, 4.69) is 11.6 Å². The van der Waals surface area contributed by atoms with Crippen molar-refractivity contribution < 1.29 is 8.42 Å². The first-order chi connectivity index (χ1) is 7.95. The van der Waals surface area contributed by atoms with Crippen LogP contribution in [-0.4, -0.2) is 26.8 Å². The summed E-state index contributed by atoms with van der Waals surface area (Å²) in [7, 11) is -3.20. The summed E-state index contributed by atoms with van der Waals surface area (Å²) in [5, 5.41) is -0.492. The summed E-state index contributed by atoms with van der Waals surface area (Å²) in [4.78, 5) is 0. The average Bonchev–Trinajstić information content (AvgIpc) is 2.30. The lowest BCUT2D eigenvalue weighted by molar-refractivity contribution is 0.278. The standard InChI is InChI=1S/C12H26N2O2S/c1-10-3-5-12(6-4-10)7-8-14-17(15,16)11(2)9-13/h10-12,14H,3-9,13H2,1-2H3. The van der Waals surface area contributed by atoms with Crippen LogP contribution < -0.4 is 10.5 Å². The average molecular weight is 262 g/mol. The molecule has 0 aromatic carbocycles. The summed E-state index contributed by atoms with van der Waals surface area (Å²) in [6, 6.07) is 0. The summed E-state index contributed by atoms with van der Waals surface area (Å²) in [6.45, 7) is 4.68. The van der Waals surface area contributed by atoms with Crippen LogP contribution in [-0.2, 0) is 10.0 Å². The highest BCUT2D eigenvalue weighted by molar-refractivity contribution is 7.90. The van der Waals surface area contributed by atoms with Crippen molar-refractivity contribution in [2.75, 3.05) is 13.1 Å². The van der Waals surface area contributed by atoms with Crippen molar-refractivity contribution in [2.45, 2.75) is 51.2 Å². The van der Waals surface area contributed by atoms with Crippen LogP contribution in [0.15, 0.2) is 0 Å². The fourth-order valence-corrected chi connectivity index (χ4v) is 3.23. The molecule has 1 aliphatic rings. The third kappa shape index (κ3) is 4.94. The van der Waals surface area contributed by atoms with Crippen LogP contribution >= 0.6 is 0 Å². The SMILES string of the molecule is CC1CCC(CCNS(=O)(=O)C(C)CN)CC1. The lowest BCUT2D eigenvalue weighted by Gasteiger charge is -2.26. The molecule has 102 valence electrons. The van der Waals surface area contributed by atoms with Crippen molar-refractivity contribution >= 4 is 10.0 Å². The normalized spacial score (nSPS) is 27.9. The molecular formula is C12H26N2O2S. The lowest BCUT2D eigenvalue weighted by atomic mass is 9.81. The van der Waals surface area contributed by atoms with Gasteiger partial charge in [0.2, 0.25) is 10.0 Å². The Kier molecular flexibility index (Phi) is 5.89. The summed E-state index contributed by atoms with van der Waals surface area (Å²) in [5.41, 5.74) is 5.37. The van der Waals surface area contributed by atoms with Crippen molar-refractivity contribution in [1.29, 1.82) is 0 Å². The first-order valence-electron chi connectivity index (χ1n) is 6.64. The van der Waals surface area contributed by atoms with E-state index in [9.17, 15) is 8.42 Å². The van der Waals surface area contributed by atoms with E-state index in [4.69, 9.17) is 5.73 Å². The zero-order valence-corrected chi connectivity index (χ0v) is 11.8. The summed E-state index contributed by atoms with van der Waals surface area (Å²) in [5.74, 6) is 1.54. The van der Waals surface area contributed by atoms with Gasteiger partial charge in [0.1, 0.15) is 0 Å². The lowest BCUT2D eigenvalue weighted by Crippen LogP contribution is -2.38. The molecule has 1 unspecified atom stereocenters. The molecular weight excluding hydrogens is 236 g/mol. The molecule has 17 heavy (non-hydrogen) atoms. The van der Waals surface area contributed by atoms with E-state index in [0.29, 0.717) is 12.5 Å². The summed E-state index contributed by atoms with van der Waals surface area (Å²) in [6.07, 6.45) is 6.03. The number of nitrogens with one attached hydrogen (secondary N) is 1. The predicted octanol–water partition coefficient (Wildman–Crippen LogP) is 1.47. The van der Waals surface area contributed by atoms with Gasteiger partial charge in [-0.05, 0) is 25.2 Å². The molecule has 0 spiro atoms. The highest BCUT2D eigenvalue weighted by Crippen LogP contribution is 2.29. The van der Waals surface area contributed by atoms with Crippen molar-refractivity contribution in [2.24, 2.45) is 17.6 Å². The van der Waals surface area contributed by atoms with Gasteiger partial charge in [0.15, 0.2) is 0 Å². The van der Waals surface area contributed by atoms with Gasteiger partial charge < -0.3 is 5.73 Å². The van der Waals surface area contributed by atoms with Crippen LogP contribution in [0.5, 0.6) is 0 Å². The van der Waals surface area contributed by atoms with Gasteiger partial charge in [-0.2, -0.15) is 0 Å². The molecule has 1 atom stereocenters. The van der Waals surface area contributed by atoms with E-state index in [0.717, 1.165) is 12.3 Å². The molecule has 0 radical (unpaired) electrons. The minimum atomic E-state index is -3.20. The van der Waals surface area contributed by atoms with Crippen molar-refractivity contribution in [3.63, 3.8) is 0 Å². The smallest absolute Gasteiger partial charge is 0.215 e. The summed E-state index contributed by atoms with van der Waals surface area (Å²) < 4.78 is 26.0. The molecule has 0 saturated heterocycles. The Morgan fingerprint density at radius 3 is 2.41 bits per heavy atom. The van der Waals surface area contributed by atoms with Gasteiger partial charge in [-0.3, -0.25) is 0 Å². The Balaban J connectivity index is 2.24. The second-order valence-corrected chi connectivity index (χ2v) is 7.58. The maximum Gasteiger partial charge on any atom is 0.215 e. The Bertz CT molecular complexity index is 308. The number of hydrogen-bond acceptors (Lipinski definition) is 3. The number of sulfonamides is 1. The highest BCUT2D eigenvalue weighted by Gasteiger charge is 2.21. The van der Waals surface area contributed by atoms with Gasteiger partial charge >= 0.3 is 0 Å². The molecule has 0 aromatic heterocycles. The van der Waals surface area contributed by atoms with Crippen molar-refractivity contribution in [3.05, 3.63) is 0 Å². The van der Waals surface area contributed by atoms with Crippen LogP contribution in [0, 0.1) is 11.8 Å². The monoisotopic (exact) mass is 262 g/mol. The molecule has 3 N–H and O–H groups in total. The minimum Gasteiger partial charge on any atom is -0.329 e. The third-order valence-electron chi connectivity index (χ3n) is 3.85. The van der Waals surface area contributed by atoms with Gasteiger partial charge in [-0.15, -0.1) is 0 Å². The molecule has 1 aliphatic carbocycles. The maximum atomic E-state index is 11.7. The second-order valence-electron chi connectivity index (χ2n) is 5.40. The zero-order valence-electron chi connectivity index (χ0n) is 11.0. The Labute approximate surface area is 105 Å². The van der Waals surface area contributed by atoms with Crippen molar-refractivity contribution in [3.8, 4) is 0 Å². The zero-order chi connectivity index (χ0) is 12.9. The fraction of sp³-hybridized carbons (Fsp3) is 1.00. The number of hydrogen-bond donors (Lipinski definition) is 2. The molecule has 1 saturated carbocycles. The van der Waals surface area contributed by atoms with E-state index >= 15 is 0 Å². The Hall–Kier alpha value is -0.130. The van der Waals surface area contributed by atoms with Crippen LogP contribution in [0.25, 0.3) is 0 Å². The third-order valence-corrected chi connectivity index (χ3v) is 5.71. The molecule has 0 aliphatic heterocycles. The van der Waals surface area contributed by atoms with Gasteiger partial charge in [0.25, 0.3) is 0 Å². The molecule has 0 bridgehead atoms. The molecule has 1 rings (SSSR count). The minimum absolute atomic E-state index is 0.177. The Morgan fingerprint density at radius 1 is 1.29 bits per heavy atom. The van der Waals surface area contributed by atoms with Gasteiger partial charge in [-0.1, -0.05) is 32.6 Å². The first kappa shape index (κ1) is 14.9. The van der Waals surface area contributed by atoms with E-state index in [1.807, 2.05) is 0 Å². The van der Waals surface area contributed by atoms with Crippen LogP contribution in [0.2, 0.25) is 0 Å². The predicted molar refractivity (Wildman–Crippen MR) is 71.2 cm³/mol. The van der Waals surface area contributed by atoms with Crippen LogP contribution in [0.3, 0.4) is 0 Å². The van der Waals surface area contributed by atoms with E-state index in [-0.39, 0.29) is 6.54 Å².